The van der Waals surface area contributed by atoms with Crippen molar-refractivity contribution in [3.8, 4) is 0 Å². The van der Waals surface area contributed by atoms with Gasteiger partial charge in [0.05, 0.1) is 26.2 Å². The number of hydrogen-bond donors (Lipinski definition) is 0. The molecule has 0 spiro atoms. The number of piperidine rings is 1. The second-order valence-electron chi connectivity index (χ2n) is 4.72. The number of halogens is 1. The van der Waals surface area contributed by atoms with Gasteiger partial charge in [-0.2, -0.15) is 0 Å². The summed E-state index contributed by atoms with van der Waals surface area (Å²) < 4.78 is 1.40. The van der Waals surface area contributed by atoms with Crippen LogP contribution in [0.1, 0.15) is 32.6 Å². The summed E-state index contributed by atoms with van der Waals surface area (Å²) in [6, 6.07) is 1.04. The summed E-state index contributed by atoms with van der Waals surface area (Å²) in [6.07, 6.45) is 5.94. The summed E-state index contributed by atoms with van der Waals surface area (Å²) in [5, 5.41) is 0. The first-order valence-corrected chi connectivity index (χ1v) is 5.09. The van der Waals surface area contributed by atoms with Crippen molar-refractivity contribution in [2.24, 2.45) is 5.92 Å². The maximum atomic E-state index is 2.47. The van der Waals surface area contributed by atoms with E-state index in [1.54, 1.807) is 0 Å². The maximum Gasteiger partial charge on any atom is 0.0893 e. The summed E-state index contributed by atoms with van der Waals surface area (Å²) in [7, 11) is 2.47. The first-order chi connectivity index (χ1) is 5.24. The fourth-order valence-corrected chi connectivity index (χ4v) is 3.30. The van der Waals surface area contributed by atoms with Crippen molar-refractivity contribution in [2.75, 3.05) is 20.1 Å². The van der Waals surface area contributed by atoms with Crippen molar-refractivity contribution in [2.45, 2.75) is 38.6 Å². The number of hydrogen-bond acceptors (Lipinski definition) is 0. The summed E-state index contributed by atoms with van der Waals surface area (Å²) in [5.74, 6) is 1.09. The number of nitrogens with zero attached hydrogens (tertiary/aromatic N) is 1. The van der Waals surface area contributed by atoms with Crippen molar-refractivity contribution in [3.63, 3.8) is 0 Å². The minimum absolute atomic E-state index is 0. The molecule has 2 rings (SSSR count). The fourth-order valence-electron chi connectivity index (χ4n) is 3.30. The van der Waals surface area contributed by atoms with Gasteiger partial charge in [-0.3, -0.25) is 0 Å². The van der Waals surface area contributed by atoms with Crippen LogP contribution in [0.3, 0.4) is 0 Å². The molecule has 2 aliphatic rings. The molecule has 0 aromatic carbocycles. The van der Waals surface area contributed by atoms with Gasteiger partial charge < -0.3 is 28.5 Å². The minimum atomic E-state index is 0. The zero-order chi connectivity index (χ0) is 7.90. The minimum Gasteiger partial charge on any atom is -1.00 e. The lowest BCUT2D eigenvalue weighted by Crippen LogP contribution is -3.00. The van der Waals surface area contributed by atoms with Gasteiger partial charge in [-0.05, 0) is 19.3 Å². The molecule has 3 unspecified atom stereocenters. The van der Waals surface area contributed by atoms with Crippen LogP contribution in [0.4, 0.5) is 0 Å². The van der Waals surface area contributed by atoms with E-state index in [1.165, 1.54) is 43.3 Å². The van der Waals surface area contributed by atoms with Gasteiger partial charge in [0.1, 0.15) is 0 Å². The van der Waals surface area contributed by atoms with Gasteiger partial charge in [-0.1, -0.05) is 6.92 Å². The van der Waals surface area contributed by atoms with Crippen molar-refractivity contribution in [1.82, 2.24) is 0 Å². The van der Waals surface area contributed by atoms with Crippen molar-refractivity contribution < 1.29 is 28.5 Å². The van der Waals surface area contributed by atoms with Crippen LogP contribution in [0.2, 0.25) is 0 Å². The third-order valence-corrected chi connectivity index (χ3v) is 3.80. The van der Waals surface area contributed by atoms with E-state index in [2.05, 4.69) is 14.0 Å². The van der Waals surface area contributed by atoms with E-state index in [0.717, 1.165) is 12.0 Å². The molecule has 1 saturated carbocycles. The second kappa shape index (κ2) is 3.82. The van der Waals surface area contributed by atoms with Crippen LogP contribution in [-0.2, 0) is 0 Å². The highest BCUT2D eigenvalue weighted by Gasteiger charge is 2.47. The predicted molar refractivity (Wildman–Crippen MR) is 47.3 cm³/mol. The highest BCUT2D eigenvalue weighted by Crippen LogP contribution is 2.41. The SMILES string of the molecule is CCC[N+]1(C)CC2CCC1C2.[I-]. The summed E-state index contributed by atoms with van der Waals surface area (Å²) >= 11 is 0. The molecule has 1 heterocycles. The van der Waals surface area contributed by atoms with Crippen LogP contribution in [0.25, 0.3) is 0 Å². The molecule has 2 heteroatoms. The highest BCUT2D eigenvalue weighted by molar-refractivity contribution is 4.83. The molecule has 3 atom stereocenters. The van der Waals surface area contributed by atoms with E-state index >= 15 is 0 Å². The van der Waals surface area contributed by atoms with E-state index in [4.69, 9.17) is 0 Å². The van der Waals surface area contributed by atoms with Gasteiger partial charge in [0.15, 0.2) is 0 Å². The molecule has 0 aromatic rings. The Morgan fingerprint density at radius 1 is 1.33 bits per heavy atom. The largest absolute Gasteiger partial charge is 1.00 e. The van der Waals surface area contributed by atoms with Crippen LogP contribution in [-0.4, -0.2) is 30.7 Å². The van der Waals surface area contributed by atoms with Gasteiger partial charge >= 0.3 is 0 Å². The predicted octanol–water partition coefficient (Wildman–Crippen LogP) is -0.971. The highest BCUT2D eigenvalue weighted by atomic mass is 127. The molecule has 1 aliphatic heterocycles. The Kier molecular flexibility index (Phi) is 3.43. The van der Waals surface area contributed by atoms with Gasteiger partial charge in [0.2, 0.25) is 0 Å². The normalized spacial score (nSPS) is 44.5. The lowest BCUT2D eigenvalue weighted by Gasteiger charge is -2.38. The lowest BCUT2D eigenvalue weighted by molar-refractivity contribution is -0.925. The van der Waals surface area contributed by atoms with E-state index in [9.17, 15) is 0 Å². The number of fused-ring (bicyclic) bond motifs is 2. The average molecular weight is 281 g/mol. The molecule has 0 amide bonds. The van der Waals surface area contributed by atoms with Crippen molar-refractivity contribution in [1.29, 1.82) is 0 Å². The Morgan fingerprint density at radius 3 is 2.50 bits per heavy atom. The lowest BCUT2D eigenvalue weighted by atomic mass is 10.1. The second-order valence-corrected chi connectivity index (χ2v) is 4.72. The molecular weight excluding hydrogens is 261 g/mol. The monoisotopic (exact) mass is 281 g/mol. The molecule has 12 heavy (non-hydrogen) atoms. The van der Waals surface area contributed by atoms with Crippen LogP contribution in [0.15, 0.2) is 0 Å². The Morgan fingerprint density at radius 2 is 2.08 bits per heavy atom. The molecule has 1 aliphatic carbocycles. The zero-order valence-corrected chi connectivity index (χ0v) is 10.4. The van der Waals surface area contributed by atoms with Gasteiger partial charge in [-0.25, -0.2) is 0 Å². The zero-order valence-electron chi connectivity index (χ0n) is 8.22. The Bertz CT molecular complexity index is 160. The average Bonchev–Trinajstić information content (AvgIpc) is 2.45. The molecule has 2 fully saturated rings. The molecule has 0 radical (unpaired) electrons. The van der Waals surface area contributed by atoms with Crippen molar-refractivity contribution in [3.05, 3.63) is 0 Å². The number of rotatable bonds is 2. The summed E-state index contributed by atoms with van der Waals surface area (Å²) in [5.41, 5.74) is 0. The Hall–Kier alpha value is 0.690. The molecule has 0 N–H and O–H groups in total. The summed E-state index contributed by atoms with van der Waals surface area (Å²) in [6.45, 7) is 5.22. The van der Waals surface area contributed by atoms with Crippen LogP contribution < -0.4 is 24.0 Å². The third kappa shape index (κ3) is 1.65. The fraction of sp³-hybridized carbons (Fsp3) is 1.00. The topological polar surface area (TPSA) is 0 Å². The first kappa shape index (κ1) is 10.8. The van der Waals surface area contributed by atoms with Crippen molar-refractivity contribution >= 4 is 0 Å². The number of likely N-dealkylation sites (tertiary alicyclic amines) is 1. The Balaban J connectivity index is 0.000000720. The van der Waals surface area contributed by atoms with E-state index in [1.807, 2.05) is 0 Å². The number of quaternary nitrogens is 1. The quantitative estimate of drug-likeness (QED) is 0.451. The molecular formula is C10H20IN. The standard InChI is InChI=1S/C10H20N.HI/c1-3-6-11(2)8-9-4-5-10(11)7-9;/h9-10H,3-8H2,1-2H3;1H/q+1;/p-1. The van der Waals surface area contributed by atoms with E-state index in [0.29, 0.717) is 0 Å². The third-order valence-electron chi connectivity index (χ3n) is 3.80. The smallest absolute Gasteiger partial charge is 0.0893 e. The van der Waals surface area contributed by atoms with Gasteiger partial charge in [0, 0.05) is 12.3 Å². The first-order valence-electron chi connectivity index (χ1n) is 5.09. The van der Waals surface area contributed by atoms with Gasteiger partial charge in [-0.15, -0.1) is 0 Å². The molecule has 1 saturated heterocycles. The molecule has 2 bridgehead atoms. The molecule has 0 aromatic heterocycles. The molecule has 72 valence electrons. The Labute approximate surface area is 93.1 Å². The van der Waals surface area contributed by atoms with E-state index in [-0.39, 0.29) is 24.0 Å². The molecule has 1 nitrogen and oxygen atoms in total. The summed E-state index contributed by atoms with van der Waals surface area (Å²) in [4.78, 5) is 0. The van der Waals surface area contributed by atoms with Crippen LogP contribution in [0.5, 0.6) is 0 Å². The van der Waals surface area contributed by atoms with Crippen LogP contribution >= 0.6 is 0 Å². The van der Waals surface area contributed by atoms with Crippen LogP contribution in [0, 0.1) is 5.92 Å². The van der Waals surface area contributed by atoms with Gasteiger partial charge in [0.25, 0.3) is 0 Å². The van der Waals surface area contributed by atoms with E-state index < -0.39 is 0 Å². The maximum absolute atomic E-state index is 2.47.